The van der Waals surface area contributed by atoms with Crippen molar-refractivity contribution in [2.24, 2.45) is 5.73 Å². The highest BCUT2D eigenvalue weighted by molar-refractivity contribution is 5.39. The van der Waals surface area contributed by atoms with Crippen LogP contribution in [0.2, 0.25) is 0 Å². The van der Waals surface area contributed by atoms with Gasteiger partial charge in [-0.1, -0.05) is 0 Å². The molecule has 6 nitrogen and oxygen atoms in total. The normalized spacial score (nSPS) is 12.5. The zero-order chi connectivity index (χ0) is 10.7. The molecule has 6 heteroatoms. The van der Waals surface area contributed by atoms with E-state index in [2.05, 4.69) is 4.98 Å². The molecule has 0 spiro atoms. The third-order valence-electron chi connectivity index (χ3n) is 1.78. The van der Waals surface area contributed by atoms with Crippen molar-refractivity contribution in [1.29, 1.82) is 0 Å². The Morgan fingerprint density at radius 3 is 2.93 bits per heavy atom. The largest absolute Gasteiger partial charge is 0.394 e. The van der Waals surface area contributed by atoms with Gasteiger partial charge >= 0.3 is 0 Å². The number of aliphatic hydroxyl groups is 1. The molecule has 1 aromatic heterocycles. The van der Waals surface area contributed by atoms with Crippen molar-refractivity contribution in [3.63, 3.8) is 0 Å². The summed E-state index contributed by atoms with van der Waals surface area (Å²) >= 11 is 0. The molecule has 0 aliphatic carbocycles. The van der Waals surface area contributed by atoms with E-state index in [0.717, 1.165) is 0 Å². The van der Waals surface area contributed by atoms with E-state index in [1.165, 1.54) is 12.3 Å². The van der Waals surface area contributed by atoms with Crippen LogP contribution in [0.4, 0.5) is 5.69 Å². The molecule has 1 unspecified atom stereocenters. The van der Waals surface area contributed by atoms with Crippen molar-refractivity contribution < 1.29 is 10.0 Å². The SMILES string of the molecule is Cc1cnc(C(N)CO)c([N+](=O)[O-])c1. The molecule has 0 saturated heterocycles. The van der Waals surface area contributed by atoms with E-state index in [0.29, 0.717) is 5.56 Å². The molecule has 0 bridgehead atoms. The van der Waals surface area contributed by atoms with E-state index >= 15 is 0 Å². The number of rotatable bonds is 3. The Hall–Kier alpha value is -1.53. The predicted molar refractivity (Wildman–Crippen MR) is 49.6 cm³/mol. The van der Waals surface area contributed by atoms with E-state index in [1.807, 2.05) is 0 Å². The molecule has 0 aliphatic heterocycles. The molecule has 0 amide bonds. The summed E-state index contributed by atoms with van der Waals surface area (Å²) in [6, 6.07) is 0.577. The second-order valence-electron chi connectivity index (χ2n) is 2.96. The highest BCUT2D eigenvalue weighted by Crippen LogP contribution is 2.21. The first kappa shape index (κ1) is 10.6. The number of hydrogen-bond acceptors (Lipinski definition) is 5. The summed E-state index contributed by atoms with van der Waals surface area (Å²) in [5.74, 6) is 0. The molecule has 0 fully saturated rings. The quantitative estimate of drug-likeness (QED) is 0.535. The zero-order valence-corrected chi connectivity index (χ0v) is 7.67. The van der Waals surface area contributed by atoms with Gasteiger partial charge in [-0.2, -0.15) is 0 Å². The molecule has 1 heterocycles. The Bertz CT molecular complexity index is 354. The third kappa shape index (κ3) is 2.04. The minimum Gasteiger partial charge on any atom is -0.394 e. The fourth-order valence-electron chi connectivity index (χ4n) is 1.08. The average Bonchev–Trinajstić information content (AvgIpc) is 2.16. The maximum absolute atomic E-state index is 10.6. The van der Waals surface area contributed by atoms with Crippen LogP contribution in [0.1, 0.15) is 17.3 Å². The summed E-state index contributed by atoms with van der Waals surface area (Å²) < 4.78 is 0. The molecule has 76 valence electrons. The van der Waals surface area contributed by atoms with Crippen LogP contribution < -0.4 is 5.73 Å². The Morgan fingerprint density at radius 1 is 1.79 bits per heavy atom. The van der Waals surface area contributed by atoms with Gasteiger partial charge in [0.25, 0.3) is 5.69 Å². The Balaban J connectivity index is 3.21. The molecular formula is C8H11N3O3. The van der Waals surface area contributed by atoms with Gasteiger partial charge in [0.2, 0.25) is 0 Å². The van der Waals surface area contributed by atoms with Crippen molar-refractivity contribution in [2.45, 2.75) is 13.0 Å². The van der Waals surface area contributed by atoms with Gasteiger partial charge in [-0.05, 0) is 12.5 Å². The van der Waals surface area contributed by atoms with E-state index in [9.17, 15) is 10.1 Å². The van der Waals surface area contributed by atoms with Crippen LogP contribution >= 0.6 is 0 Å². The molecule has 0 radical (unpaired) electrons. The molecule has 14 heavy (non-hydrogen) atoms. The van der Waals surface area contributed by atoms with E-state index in [4.69, 9.17) is 10.8 Å². The molecule has 1 atom stereocenters. The summed E-state index contributed by atoms with van der Waals surface area (Å²) in [6.07, 6.45) is 1.48. The second kappa shape index (κ2) is 4.12. The standard InChI is InChI=1S/C8H11N3O3/c1-5-2-7(11(13)14)8(10-3-5)6(9)4-12/h2-3,6,12H,4,9H2,1H3. The fourth-order valence-corrected chi connectivity index (χ4v) is 1.08. The monoisotopic (exact) mass is 197 g/mol. The Labute approximate surface area is 80.5 Å². The summed E-state index contributed by atoms with van der Waals surface area (Å²) in [7, 11) is 0. The van der Waals surface area contributed by atoms with Gasteiger partial charge < -0.3 is 10.8 Å². The van der Waals surface area contributed by atoms with Gasteiger partial charge in [0.1, 0.15) is 5.69 Å². The molecule has 0 saturated carbocycles. The molecular weight excluding hydrogens is 186 g/mol. The lowest BCUT2D eigenvalue weighted by Crippen LogP contribution is -2.17. The summed E-state index contributed by atoms with van der Waals surface area (Å²) in [4.78, 5) is 13.9. The number of pyridine rings is 1. The number of nitrogens with two attached hydrogens (primary N) is 1. The van der Waals surface area contributed by atoms with Crippen LogP contribution in [0.5, 0.6) is 0 Å². The number of aromatic nitrogens is 1. The molecule has 3 N–H and O–H groups in total. The number of aliphatic hydroxyl groups excluding tert-OH is 1. The fraction of sp³-hybridized carbons (Fsp3) is 0.375. The van der Waals surface area contributed by atoms with Gasteiger partial charge in [0, 0.05) is 12.3 Å². The third-order valence-corrected chi connectivity index (χ3v) is 1.78. The van der Waals surface area contributed by atoms with Crippen LogP contribution in [0.3, 0.4) is 0 Å². The zero-order valence-electron chi connectivity index (χ0n) is 7.67. The first-order chi connectivity index (χ1) is 6.56. The van der Waals surface area contributed by atoms with Crippen molar-refractivity contribution in [1.82, 2.24) is 4.98 Å². The van der Waals surface area contributed by atoms with E-state index in [1.54, 1.807) is 6.92 Å². The summed E-state index contributed by atoms with van der Waals surface area (Å²) in [5.41, 5.74) is 6.12. The van der Waals surface area contributed by atoms with Crippen molar-refractivity contribution in [2.75, 3.05) is 6.61 Å². The van der Waals surface area contributed by atoms with Gasteiger partial charge in [0.05, 0.1) is 17.6 Å². The number of aryl methyl sites for hydroxylation is 1. The average molecular weight is 197 g/mol. The highest BCUT2D eigenvalue weighted by Gasteiger charge is 2.20. The van der Waals surface area contributed by atoms with Gasteiger partial charge in [-0.15, -0.1) is 0 Å². The molecule has 1 rings (SSSR count). The van der Waals surface area contributed by atoms with Gasteiger partial charge in [-0.25, -0.2) is 0 Å². The topological polar surface area (TPSA) is 102 Å². The lowest BCUT2D eigenvalue weighted by atomic mass is 10.1. The Morgan fingerprint density at radius 2 is 2.43 bits per heavy atom. The minimum absolute atomic E-state index is 0.114. The number of nitrogens with zero attached hydrogens (tertiary/aromatic N) is 2. The van der Waals surface area contributed by atoms with Crippen molar-refractivity contribution >= 4 is 5.69 Å². The van der Waals surface area contributed by atoms with E-state index in [-0.39, 0.29) is 18.0 Å². The first-order valence-electron chi connectivity index (χ1n) is 4.03. The summed E-state index contributed by atoms with van der Waals surface area (Å²) in [6.45, 7) is 1.34. The number of hydrogen-bond donors (Lipinski definition) is 2. The van der Waals surface area contributed by atoms with Gasteiger partial charge in [-0.3, -0.25) is 15.1 Å². The maximum Gasteiger partial charge on any atom is 0.292 e. The number of nitro groups is 1. The van der Waals surface area contributed by atoms with Gasteiger partial charge in [0.15, 0.2) is 0 Å². The lowest BCUT2D eigenvalue weighted by Gasteiger charge is -2.07. The maximum atomic E-state index is 10.6. The molecule has 0 aliphatic rings. The van der Waals surface area contributed by atoms with Crippen molar-refractivity contribution in [3.05, 3.63) is 33.6 Å². The predicted octanol–water partition coefficient (Wildman–Crippen LogP) is 0.290. The van der Waals surface area contributed by atoms with Crippen LogP contribution in [-0.4, -0.2) is 21.6 Å². The highest BCUT2D eigenvalue weighted by atomic mass is 16.6. The van der Waals surface area contributed by atoms with Crippen molar-refractivity contribution in [3.8, 4) is 0 Å². The van der Waals surface area contributed by atoms with Crippen LogP contribution in [0, 0.1) is 17.0 Å². The molecule has 1 aromatic rings. The van der Waals surface area contributed by atoms with Crippen LogP contribution in [0.25, 0.3) is 0 Å². The summed E-state index contributed by atoms with van der Waals surface area (Å²) in [5, 5.41) is 19.4. The second-order valence-corrected chi connectivity index (χ2v) is 2.96. The van der Waals surface area contributed by atoms with Crippen LogP contribution in [-0.2, 0) is 0 Å². The van der Waals surface area contributed by atoms with Crippen LogP contribution in [0.15, 0.2) is 12.3 Å². The minimum atomic E-state index is -0.809. The van der Waals surface area contributed by atoms with E-state index < -0.39 is 11.0 Å². The molecule has 0 aromatic carbocycles. The lowest BCUT2D eigenvalue weighted by molar-refractivity contribution is -0.386. The Kier molecular flexibility index (Phi) is 3.10. The first-order valence-corrected chi connectivity index (χ1v) is 4.03. The smallest absolute Gasteiger partial charge is 0.292 e.